The molecule has 1 aliphatic rings. The van der Waals surface area contributed by atoms with Crippen molar-refractivity contribution in [3.05, 3.63) is 72.2 Å². The zero-order valence-corrected chi connectivity index (χ0v) is 19.3. The van der Waals surface area contributed by atoms with Gasteiger partial charge in [-0.25, -0.2) is 0 Å². The second kappa shape index (κ2) is 9.96. The van der Waals surface area contributed by atoms with Gasteiger partial charge in [0.15, 0.2) is 0 Å². The van der Waals surface area contributed by atoms with Crippen LogP contribution < -0.4 is 15.4 Å². The van der Waals surface area contributed by atoms with Crippen LogP contribution in [-0.4, -0.2) is 54.2 Å². The van der Waals surface area contributed by atoms with Crippen molar-refractivity contribution in [3.63, 3.8) is 0 Å². The fraction of sp³-hybridized carbons (Fsp3) is 0.259. The van der Waals surface area contributed by atoms with Crippen molar-refractivity contribution in [3.8, 4) is 22.9 Å². The maximum atomic E-state index is 9.76. The van der Waals surface area contributed by atoms with E-state index in [1.165, 1.54) is 0 Å². The van der Waals surface area contributed by atoms with Crippen LogP contribution in [0.25, 0.3) is 22.0 Å². The third kappa shape index (κ3) is 4.60. The zero-order valence-electron chi connectivity index (χ0n) is 19.3. The molecule has 172 valence electrons. The van der Waals surface area contributed by atoms with Crippen LogP contribution in [0.3, 0.4) is 0 Å². The van der Waals surface area contributed by atoms with E-state index in [0.29, 0.717) is 12.2 Å². The molecule has 4 aromatic rings. The summed E-state index contributed by atoms with van der Waals surface area (Å²) in [5, 5.41) is 17.8. The van der Waals surface area contributed by atoms with Gasteiger partial charge in [-0.15, -0.1) is 0 Å². The fourth-order valence-corrected chi connectivity index (χ4v) is 4.41. The van der Waals surface area contributed by atoms with E-state index in [1.54, 1.807) is 12.4 Å². The van der Waals surface area contributed by atoms with E-state index in [1.807, 2.05) is 42.6 Å². The highest BCUT2D eigenvalue weighted by Crippen LogP contribution is 2.35. The van der Waals surface area contributed by atoms with Crippen LogP contribution in [0.5, 0.6) is 5.75 Å². The molecule has 7 nitrogen and oxygen atoms in total. The van der Waals surface area contributed by atoms with Gasteiger partial charge in [-0.2, -0.15) is 5.26 Å². The molecule has 2 aromatic carbocycles. The second-order valence-corrected chi connectivity index (χ2v) is 8.49. The predicted molar refractivity (Wildman–Crippen MR) is 136 cm³/mol. The van der Waals surface area contributed by atoms with Gasteiger partial charge in [-0.3, -0.25) is 9.88 Å². The third-order valence-corrected chi connectivity index (χ3v) is 6.38. The number of benzene rings is 2. The van der Waals surface area contributed by atoms with Crippen LogP contribution in [0.15, 0.2) is 61.1 Å². The summed E-state index contributed by atoms with van der Waals surface area (Å²) in [4.78, 5) is 9.97. The number of ether oxygens (including phenoxy) is 1. The Morgan fingerprint density at radius 3 is 2.71 bits per heavy atom. The van der Waals surface area contributed by atoms with E-state index >= 15 is 0 Å². The summed E-state index contributed by atoms with van der Waals surface area (Å²) in [6.45, 7) is 7.89. The number of pyridine rings is 1. The summed E-state index contributed by atoms with van der Waals surface area (Å²) in [5.41, 5.74) is 6.28. The van der Waals surface area contributed by atoms with Crippen LogP contribution in [-0.2, 0) is 0 Å². The number of nitrogens with one attached hydrogen (secondary N) is 3. The number of piperazine rings is 1. The van der Waals surface area contributed by atoms with Crippen LogP contribution >= 0.6 is 0 Å². The van der Waals surface area contributed by atoms with Crippen molar-refractivity contribution in [2.24, 2.45) is 0 Å². The average Bonchev–Trinajstić information content (AvgIpc) is 3.37. The van der Waals surface area contributed by atoms with Crippen molar-refractivity contribution in [2.75, 3.05) is 44.6 Å². The Labute approximate surface area is 199 Å². The minimum Gasteiger partial charge on any atom is -0.492 e. The molecule has 1 fully saturated rings. The molecule has 5 rings (SSSR count). The van der Waals surface area contributed by atoms with Crippen LogP contribution in [0, 0.1) is 18.3 Å². The number of H-pyrrole nitrogens is 1. The van der Waals surface area contributed by atoms with E-state index in [9.17, 15) is 5.26 Å². The summed E-state index contributed by atoms with van der Waals surface area (Å²) in [6.07, 6.45) is 5.34. The molecule has 2 aromatic heterocycles. The number of hydrogen-bond donors (Lipinski definition) is 3. The molecule has 0 spiro atoms. The number of anilines is 2. The van der Waals surface area contributed by atoms with Crippen molar-refractivity contribution < 1.29 is 4.74 Å². The van der Waals surface area contributed by atoms with Gasteiger partial charge in [0.1, 0.15) is 18.4 Å². The molecule has 7 heteroatoms. The van der Waals surface area contributed by atoms with Gasteiger partial charge in [0, 0.05) is 73.5 Å². The lowest BCUT2D eigenvalue weighted by molar-refractivity contribution is 0.191. The Balaban J connectivity index is 1.36. The molecule has 1 aliphatic heterocycles. The largest absolute Gasteiger partial charge is 0.492 e. The smallest absolute Gasteiger partial charge is 0.119 e. The molecule has 3 N–H and O–H groups in total. The van der Waals surface area contributed by atoms with E-state index < -0.39 is 0 Å². The van der Waals surface area contributed by atoms with E-state index in [4.69, 9.17) is 4.74 Å². The number of nitriles is 1. The predicted octanol–water partition coefficient (Wildman–Crippen LogP) is 4.44. The van der Waals surface area contributed by atoms with Crippen molar-refractivity contribution in [1.82, 2.24) is 20.2 Å². The topological polar surface area (TPSA) is 89.0 Å². The Morgan fingerprint density at radius 1 is 1.09 bits per heavy atom. The molecule has 34 heavy (non-hydrogen) atoms. The number of aromatic nitrogens is 2. The average molecular weight is 453 g/mol. The summed E-state index contributed by atoms with van der Waals surface area (Å²) in [5.74, 6) is 0.839. The summed E-state index contributed by atoms with van der Waals surface area (Å²) < 4.78 is 5.97. The first-order chi connectivity index (χ1) is 16.7. The van der Waals surface area contributed by atoms with E-state index in [2.05, 4.69) is 44.6 Å². The molecule has 3 heterocycles. The molecule has 0 amide bonds. The number of rotatable bonds is 7. The maximum Gasteiger partial charge on any atom is 0.119 e. The van der Waals surface area contributed by atoms with E-state index in [0.717, 1.165) is 77.4 Å². The molecule has 0 bridgehead atoms. The van der Waals surface area contributed by atoms with Gasteiger partial charge in [-0.1, -0.05) is 12.1 Å². The van der Waals surface area contributed by atoms with Crippen molar-refractivity contribution in [1.29, 1.82) is 5.26 Å². The molecular formula is C27H28N6O. The first kappa shape index (κ1) is 22.0. The molecule has 1 saturated heterocycles. The SMILES string of the molecule is Cc1c(Nc2c(C#N)cncc2-c2ccc(OCCN3CCNCC3)cc2)ccc2[nH]ccc12. The summed E-state index contributed by atoms with van der Waals surface area (Å²) in [7, 11) is 0. The van der Waals surface area contributed by atoms with Gasteiger partial charge in [0.25, 0.3) is 0 Å². The quantitative estimate of drug-likeness (QED) is 0.384. The number of aryl methyl sites for hydroxylation is 1. The normalized spacial score (nSPS) is 14.1. The lowest BCUT2D eigenvalue weighted by Crippen LogP contribution is -2.44. The Bertz CT molecular complexity index is 1320. The summed E-state index contributed by atoms with van der Waals surface area (Å²) >= 11 is 0. The summed E-state index contributed by atoms with van der Waals surface area (Å²) in [6, 6.07) is 16.4. The maximum absolute atomic E-state index is 9.76. The molecule has 0 unspecified atom stereocenters. The van der Waals surface area contributed by atoms with Crippen molar-refractivity contribution in [2.45, 2.75) is 6.92 Å². The highest BCUT2D eigenvalue weighted by Gasteiger charge is 2.14. The molecule has 0 radical (unpaired) electrons. The van der Waals surface area contributed by atoms with Gasteiger partial charge in [0.2, 0.25) is 0 Å². The minimum atomic E-state index is 0.502. The molecular weight excluding hydrogens is 424 g/mol. The molecule has 0 aliphatic carbocycles. The van der Waals surface area contributed by atoms with Gasteiger partial charge in [-0.05, 0) is 48.4 Å². The highest BCUT2D eigenvalue weighted by molar-refractivity contribution is 5.91. The molecule has 0 saturated carbocycles. The number of aromatic amines is 1. The second-order valence-electron chi connectivity index (χ2n) is 8.49. The minimum absolute atomic E-state index is 0.502. The Morgan fingerprint density at radius 2 is 1.91 bits per heavy atom. The van der Waals surface area contributed by atoms with Crippen LogP contribution in [0.4, 0.5) is 11.4 Å². The lowest BCUT2D eigenvalue weighted by Gasteiger charge is -2.26. The fourth-order valence-electron chi connectivity index (χ4n) is 4.41. The number of nitrogens with zero attached hydrogens (tertiary/aromatic N) is 3. The zero-order chi connectivity index (χ0) is 23.3. The van der Waals surface area contributed by atoms with Gasteiger partial charge < -0.3 is 20.4 Å². The van der Waals surface area contributed by atoms with Crippen LogP contribution in [0.1, 0.15) is 11.1 Å². The third-order valence-electron chi connectivity index (χ3n) is 6.38. The lowest BCUT2D eigenvalue weighted by atomic mass is 10.0. The molecule has 0 atom stereocenters. The van der Waals surface area contributed by atoms with Gasteiger partial charge in [0.05, 0.1) is 11.3 Å². The highest BCUT2D eigenvalue weighted by atomic mass is 16.5. The van der Waals surface area contributed by atoms with E-state index in [-0.39, 0.29) is 0 Å². The monoisotopic (exact) mass is 452 g/mol. The van der Waals surface area contributed by atoms with Gasteiger partial charge >= 0.3 is 0 Å². The Kier molecular flexibility index (Phi) is 6.43. The number of hydrogen-bond acceptors (Lipinski definition) is 6. The van der Waals surface area contributed by atoms with Crippen LogP contribution in [0.2, 0.25) is 0 Å². The number of fused-ring (bicyclic) bond motifs is 1. The van der Waals surface area contributed by atoms with Crippen molar-refractivity contribution >= 4 is 22.3 Å². The standard InChI is InChI=1S/C27H28N6O/c1-19-23-8-9-31-26(23)7-6-25(19)32-27-21(16-28)17-30-18-24(27)20-2-4-22(5-3-20)34-15-14-33-12-10-29-11-13-33/h2-9,17-18,29,31H,10-15H2,1H3,(H,30,32). The Hall–Kier alpha value is -3.86. The first-order valence-electron chi connectivity index (χ1n) is 11.6. The first-order valence-corrected chi connectivity index (χ1v) is 11.6.